The van der Waals surface area contributed by atoms with Gasteiger partial charge in [-0.15, -0.1) is 0 Å². The molecule has 0 saturated carbocycles. The van der Waals surface area contributed by atoms with E-state index in [-0.39, 0.29) is 23.9 Å². The van der Waals surface area contributed by atoms with Gasteiger partial charge in [0.25, 0.3) is 5.69 Å². The van der Waals surface area contributed by atoms with Crippen LogP contribution in [0.25, 0.3) is 0 Å². The van der Waals surface area contributed by atoms with Gasteiger partial charge in [0, 0.05) is 30.9 Å². The Labute approximate surface area is 158 Å². The largest absolute Gasteiger partial charge is 0.494 e. The second-order valence-electron chi connectivity index (χ2n) is 5.68. The molecule has 0 aliphatic carbocycles. The Kier molecular flexibility index (Phi) is 5.64. The minimum atomic E-state index is -0.819. The number of nitro benzene ring substituents is 1. The molecule has 3 rings (SSSR count). The number of benzene rings is 2. The molecular formula is C19H15F2N3O4. The fourth-order valence-electron chi connectivity index (χ4n) is 2.42. The summed E-state index contributed by atoms with van der Waals surface area (Å²) in [5, 5.41) is 14.0. The summed E-state index contributed by atoms with van der Waals surface area (Å²) in [6, 6.07) is 11.0. The molecule has 1 N–H and O–H groups in total. The first-order chi connectivity index (χ1) is 13.5. The van der Waals surface area contributed by atoms with Crippen LogP contribution in [0.3, 0.4) is 0 Å². The van der Waals surface area contributed by atoms with Crippen LogP contribution in [0, 0.1) is 21.7 Å². The number of hydrogen-bond acceptors (Lipinski definition) is 6. The maximum absolute atomic E-state index is 13.7. The molecular weight excluding hydrogens is 372 g/mol. The van der Waals surface area contributed by atoms with Gasteiger partial charge in [-0.1, -0.05) is 12.1 Å². The van der Waals surface area contributed by atoms with Crippen LogP contribution >= 0.6 is 0 Å². The van der Waals surface area contributed by atoms with Gasteiger partial charge in [0.15, 0.2) is 11.6 Å². The third-order valence-corrected chi connectivity index (χ3v) is 3.77. The van der Waals surface area contributed by atoms with Crippen LogP contribution in [-0.2, 0) is 6.54 Å². The molecule has 28 heavy (non-hydrogen) atoms. The number of aromatic nitrogens is 1. The molecule has 3 aromatic rings. The fourth-order valence-corrected chi connectivity index (χ4v) is 2.42. The first-order valence-corrected chi connectivity index (χ1v) is 8.10. The maximum Gasteiger partial charge on any atom is 0.295 e. The Hall–Kier alpha value is -3.75. The lowest BCUT2D eigenvalue weighted by Crippen LogP contribution is -2.04. The van der Waals surface area contributed by atoms with Crippen molar-refractivity contribution in [1.82, 2.24) is 4.98 Å². The zero-order valence-corrected chi connectivity index (χ0v) is 14.7. The number of nitrogens with zero attached hydrogens (tertiary/aromatic N) is 2. The number of pyridine rings is 1. The van der Waals surface area contributed by atoms with Crippen molar-refractivity contribution in [3.05, 3.63) is 82.0 Å². The predicted octanol–water partition coefficient (Wildman–Crippen LogP) is 4.68. The van der Waals surface area contributed by atoms with Crippen molar-refractivity contribution in [3.63, 3.8) is 0 Å². The van der Waals surface area contributed by atoms with Crippen molar-refractivity contribution in [2.45, 2.75) is 6.54 Å². The van der Waals surface area contributed by atoms with Gasteiger partial charge in [0.05, 0.1) is 18.1 Å². The molecule has 0 saturated heterocycles. The number of nitrogens with one attached hydrogen (secondary N) is 1. The van der Waals surface area contributed by atoms with Gasteiger partial charge >= 0.3 is 0 Å². The first-order valence-electron chi connectivity index (χ1n) is 8.10. The number of ether oxygens (including phenoxy) is 2. The van der Waals surface area contributed by atoms with Crippen LogP contribution in [-0.4, -0.2) is 17.0 Å². The summed E-state index contributed by atoms with van der Waals surface area (Å²) in [5.41, 5.74) is 0.407. The smallest absolute Gasteiger partial charge is 0.295 e. The Balaban J connectivity index is 1.70. The van der Waals surface area contributed by atoms with Gasteiger partial charge in [0.2, 0.25) is 5.88 Å². The topological polar surface area (TPSA) is 86.5 Å². The minimum absolute atomic E-state index is 0.106. The summed E-state index contributed by atoms with van der Waals surface area (Å²) in [5.74, 6) is -0.767. The Morgan fingerprint density at radius 3 is 2.64 bits per heavy atom. The summed E-state index contributed by atoms with van der Waals surface area (Å²) >= 11 is 0. The average molecular weight is 387 g/mol. The Morgan fingerprint density at radius 1 is 1.18 bits per heavy atom. The second-order valence-corrected chi connectivity index (χ2v) is 5.68. The second kappa shape index (κ2) is 8.30. The Morgan fingerprint density at radius 2 is 2.00 bits per heavy atom. The molecule has 0 spiro atoms. The highest BCUT2D eigenvalue weighted by Gasteiger charge is 2.19. The lowest BCUT2D eigenvalue weighted by atomic mass is 10.2. The Bertz CT molecular complexity index is 997. The van der Waals surface area contributed by atoms with E-state index in [1.54, 1.807) is 18.2 Å². The lowest BCUT2D eigenvalue weighted by Gasteiger charge is -2.10. The van der Waals surface area contributed by atoms with Crippen LogP contribution in [0.1, 0.15) is 5.56 Å². The SMILES string of the molecule is COc1cc(NCc2ccc(Oc3cccc(F)c3)nc2)c([N+](=O)[O-])cc1F. The van der Waals surface area contributed by atoms with E-state index in [2.05, 4.69) is 10.3 Å². The van der Waals surface area contributed by atoms with E-state index < -0.39 is 22.2 Å². The molecule has 7 nitrogen and oxygen atoms in total. The molecule has 0 aliphatic heterocycles. The van der Waals surface area contributed by atoms with E-state index in [0.29, 0.717) is 11.3 Å². The third kappa shape index (κ3) is 4.50. The standard InChI is InChI=1S/C19H15F2N3O4/c1-27-18-9-16(17(24(25)26)8-15(18)21)22-10-12-5-6-19(23-11-12)28-14-4-2-3-13(20)7-14/h2-9,11,22H,10H2,1H3. The monoisotopic (exact) mass is 387 g/mol. The van der Waals surface area contributed by atoms with Crippen molar-refractivity contribution in [2.24, 2.45) is 0 Å². The van der Waals surface area contributed by atoms with Crippen molar-refractivity contribution in [1.29, 1.82) is 0 Å². The molecule has 9 heteroatoms. The van der Waals surface area contributed by atoms with E-state index in [0.717, 1.165) is 6.07 Å². The summed E-state index contributed by atoms with van der Waals surface area (Å²) in [6.07, 6.45) is 1.51. The van der Waals surface area contributed by atoms with E-state index in [1.807, 2.05) is 0 Å². The molecule has 0 fully saturated rings. The van der Waals surface area contributed by atoms with Crippen molar-refractivity contribution in [2.75, 3.05) is 12.4 Å². The zero-order valence-electron chi connectivity index (χ0n) is 14.7. The van der Waals surface area contributed by atoms with Crippen molar-refractivity contribution >= 4 is 11.4 Å². The van der Waals surface area contributed by atoms with Crippen LogP contribution < -0.4 is 14.8 Å². The third-order valence-electron chi connectivity index (χ3n) is 3.77. The quantitative estimate of drug-likeness (QED) is 0.468. The number of hydrogen-bond donors (Lipinski definition) is 1. The molecule has 0 radical (unpaired) electrons. The first kappa shape index (κ1) is 19.0. The van der Waals surface area contributed by atoms with E-state index >= 15 is 0 Å². The lowest BCUT2D eigenvalue weighted by molar-refractivity contribution is -0.384. The van der Waals surface area contributed by atoms with E-state index in [4.69, 9.17) is 9.47 Å². The summed E-state index contributed by atoms with van der Waals surface area (Å²) in [6.45, 7) is 0.197. The number of methoxy groups -OCH3 is 1. The molecule has 2 aromatic carbocycles. The predicted molar refractivity (Wildman–Crippen MR) is 97.6 cm³/mol. The molecule has 0 amide bonds. The zero-order chi connectivity index (χ0) is 20.1. The fraction of sp³-hybridized carbons (Fsp3) is 0.105. The van der Waals surface area contributed by atoms with Crippen LogP contribution in [0.2, 0.25) is 0 Å². The summed E-state index contributed by atoms with van der Waals surface area (Å²) < 4.78 is 37.2. The van der Waals surface area contributed by atoms with E-state index in [9.17, 15) is 18.9 Å². The van der Waals surface area contributed by atoms with Crippen LogP contribution in [0.5, 0.6) is 17.4 Å². The average Bonchev–Trinajstić information content (AvgIpc) is 2.68. The van der Waals surface area contributed by atoms with Crippen molar-refractivity contribution < 1.29 is 23.2 Å². The number of anilines is 1. The molecule has 0 atom stereocenters. The van der Waals surface area contributed by atoms with Gasteiger partial charge in [-0.25, -0.2) is 13.8 Å². The molecule has 0 unspecified atom stereocenters. The molecule has 0 bridgehead atoms. The van der Waals surface area contributed by atoms with Gasteiger partial charge in [-0.2, -0.15) is 0 Å². The van der Waals surface area contributed by atoms with Crippen molar-refractivity contribution in [3.8, 4) is 17.4 Å². The minimum Gasteiger partial charge on any atom is -0.494 e. The van der Waals surface area contributed by atoms with Gasteiger partial charge in [-0.05, 0) is 17.7 Å². The molecule has 0 aliphatic rings. The molecule has 1 heterocycles. The van der Waals surface area contributed by atoms with Gasteiger partial charge < -0.3 is 14.8 Å². The highest BCUT2D eigenvalue weighted by molar-refractivity contribution is 5.64. The molecule has 144 valence electrons. The van der Waals surface area contributed by atoms with Crippen LogP contribution in [0.4, 0.5) is 20.2 Å². The number of nitro groups is 1. The molecule has 1 aromatic heterocycles. The highest BCUT2D eigenvalue weighted by atomic mass is 19.1. The normalized spacial score (nSPS) is 10.4. The summed E-state index contributed by atoms with van der Waals surface area (Å²) in [7, 11) is 1.27. The van der Waals surface area contributed by atoms with E-state index in [1.165, 1.54) is 37.6 Å². The van der Waals surface area contributed by atoms with Crippen LogP contribution in [0.15, 0.2) is 54.7 Å². The summed E-state index contributed by atoms with van der Waals surface area (Å²) in [4.78, 5) is 14.6. The number of halogens is 2. The van der Waals surface area contributed by atoms with Gasteiger partial charge in [-0.3, -0.25) is 10.1 Å². The number of rotatable bonds is 7. The maximum atomic E-state index is 13.7. The highest BCUT2D eigenvalue weighted by Crippen LogP contribution is 2.32. The van der Waals surface area contributed by atoms with Gasteiger partial charge in [0.1, 0.15) is 17.3 Å².